The Balaban J connectivity index is 1.91. The number of nitrogens with zero attached hydrogens (tertiary/aromatic N) is 1. The Bertz CT molecular complexity index is 856. The fraction of sp³-hybridized carbons (Fsp3) is 0.250. The number of carbonyl (C=O) groups excluding carboxylic acids is 2. The zero-order chi connectivity index (χ0) is 21.1. The van der Waals surface area contributed by atoms with Gasteiger partial charge in [0.1, 0.15) is 6.61 Å². The first-order chi connectivity index (χ1) is 14.0. The van der Waals surface area contributed by atoms with E-state index in [0.29, 0.717) is 30.3 Å². The molecule has 0 spiro atoms. The number of hydrogen-bond donors (Lipinski definition) is 2. The summed E-state index contributed by atoms with van der Waals surface area (Å²) in [6.07, 6.45) is 1.40. The second-order valence-electron chi connectivity index (χ2n) is 5.77. The molecule has 2 aromatic carbocycles. The summed E-state index contributed by atoms with van der Waals surface area (Å²) in [5, 5.41) is 6.18. The van der Waals surface area contributed by atoms with Crippen molar-refractivity contribution in [2.45, 2.75) is 6.61 Å². The van der Waals surface area contributed by atoms with Gasteiger partial charge in [0.25, 0.3) is 0 Å². The number of methoxy groups -OCH3 is 2. The normalized spacial score (nSPS) is 10.6. The van der Waals surface area contributed by atoms with Crippen LogP contribution in [-0.2, 0) is 20.9 Å². The Hall–Kier alpha value is -2.91. The Morgan fingerprint density at radius 1 is 1.07 bits per heavy atom. The number of rotatable bonds is 9. The first-order valence-corrected chi connectivity index (χ1v) is 9.48. The van der Waals surface area contributed by atoms with Crippen molar-refractivity contribution >= 4 is 34.0 Å². The summed E-state index contributed by atoms with van der Waals surface area (Å²) < 4.78 is 17.0. The molecule has 2 aromatic rings. The third kappa shape index (κ3) is 7.55. The molecule has 0 atom stereocenters. The van der Waals surface area contributed by atoms with Crippen molar-refractivity contribution in [3.05, 3.63) is 58.1 Å². The van der Waals surface area contributed by atoms with Crippen LogP contribution in [0.2, 0.25) is 0 Å². The van der Waals surface area contributed by atoms with E-state index >= 15 is 0 Å². The van der Waals surface area contributed by atoms with Crippen molar-refractivity contribution in [1.82, 2.24) is 10.7 Å². The summed E-state index contributed by atoms with van der Waals surface area (Å²) >= 11 is 3.40. The molecule has 0 radical (unpaired) electrons. The Labute approximate surface area is 177 Å². The van der Waals surface area contributed by atoms with Crippen LogP contribution in [0.3, 0.4) is 0 Å². The van der Waals surface area contributed by atoms with Crippen molar-refractivity contribution in [3.63, 3.8) is 0 Å². The van der Waals surface area contributed by atoms with Crippen molar-refractivity contribution in [3.8, 4) is 11.5 Å². The number of ether oxygens (including phenoxy) is 3. The Morgan fingerprint density at radius 2 is 1.83 bits per heavy atom. The lowest BCUT2D eigenvalue weighted by Crippen LogP contribution is -2.39. The minimum atomic E-state index is -0.862. The molecular formula is C20H22BrN3O5. The van der Waals surface area contributed by atoms with Gasteiger partial charge in [0, 0.05) is 18.1 Å². The highest BCUT2D eigenvalue weighted by Crippen LogP contribution is 2.28. The van der Waals surface area contributed by atoms with Crippen molar-refractivity contribution in [2.75, 3.05) is 27.4 Å². The number of amides is 2. The average Bonchev–Trinajstić information content (AvgIpc) is 2.73. The van der Waals surface area contributed by atoms with Crippen LogP contribution in [0.5, 0.6) is 11.5 Å². The first-order valence-electron chi connectivity index (χ1n) is 8.69. The molecule has 0 aliphatic carbocycles. The molecule has 0 unspecified atom stereocenters. The van der Waals surface area contributed by atoms with Gasteiger partial charge in [-0.3, -0.25) is 9.59 Å². The summed E-state index contributed by atoms with van der Waals surface area (Å²) in [5.41, 5.74) is 3.85. The molecular weight excluding hydrogens is 442 g/mol. The van der Waals surface area contributed by atoms with Crippen LogP contribution in [0.1, 0.15) is 11.1 Å². The molecule has 2 amide bonds. The van der Waals surface area contributed by atoms with Gasteiger partial charge in [0.15, 0.2) is 11.5 Å². The molecule has 9 heteroatoms. The second-order valence-corrected chi connectivity index (χ2v) is 6.69. The van der Waals surface area contributed by atoms with Crippen molar-refractivity contribution in [2.24, 2.45) is 5.10 Å². The van der Waals surface area contributed by atoms with Crippen LogP contribution in [0, 0.1) is 0 Å². The van der Waals surface area contributed by atoms with Crippen LogP contribution in [0.15, 0.2) is 52.0 Å². The number of halogens is 1. The van der Waals surface area contributed by atoms with Gasteiger partial charge < -0.3 is 19.5 Å². The highest BCUT2D eigenvalue weighted by atomic mass is 79.9. The molecule has 0 fully saturated rings. The van der Waals surface area contributed by atoms with Gasteiger partial charge >= 0.3 is 11.8 Å². The van der Waals surface area contributed by atoms with E-state index in [1.54, 1.807) is 18.2 Å². The van der Waals surface area contributed by atoms with Gasteiger partial charge in [-0.2, -0.15) is 5.10 Å². The third-order valence-electron chi connectivity index (χ3n) is 3.67. The fourth-order valence-corrected chi connectivity index (χ4v) is 2.45. The standard InChI is InChI=1S/C20H22BrN3O5/c1-27-10-9-22-19(25)20(26)24-23-12-15-5-8-17(18(11-15)28-2)29-13-14-3-6-16(21)7-4-14/h3-8,11-12H,9-10,13H2,1-2H3,(H,22,25)(H,24,26)/b23-12-. The lowest BCUT2D eigenvalue weighted by atomic mass is 10.2. The average molecular weight is 464 g/mol. The SMILES string of the molecule is COCCNC(=O)C(=O)N/N=C\c1ccc(OCc2ccc(Br)cc2)c(OC)c1. The molecule has 0 aliphatic heterocycles. The third-order valence-corrected chi connectivity index (χ3v) is 4.20. The Kier molecular flexibility index (Phi) is 9.13. The van der Waals surface area contributed by atoms with Crippen LogP contribution in [-0.4, -0.2) is 45.4 Å². The molecule has 8 nitrogen and oxygen atoms in total. The molecule has 154 valence electrons. The molecule has 2 N–H and O–H groups in total. The molecule has 0 aliphatic rings. The van der Waals surface area contributed by atoms with E-state index < -0.39 is 11.8 Å². The molecule has 2 rings (SSSR count). The van der Waals surface area contributed by atoms with Crippen molar-refractivity contribution in [1.29, 1.82) is 0 Å². The fourth-order valence-electron chi connectivity index (χ4n) is 2.19. The zero-order valence-electron chi connectivity index (χ0n) is 16.1. The topological polar surface area (TPSA) is 98.2 Å². The molecule has 0 saturated heterocycles. The molecule has 0 bridgehead atoms. The van der Waals surface area contributed by atoms with E-state index in [9.17, 15) is 9.59 Å². The van der Waals surface area contributed by atoms with Gasteiger partial charge in [-0.05, 0) is 41.5 Å². The lowest BCUT2D eigenvalue weighted by Gasteiger charge is -2.11. The Morgan fingerprint density at radius 3 is 2.52 bits per heavy atom. The second kappa shape index (κ2) is 11.8. The quantitative estimate of drug-likeness (QED) is 0.257. The van der Waals surface area contributed by atoms with Crippen LogP contribution in [0.4, 0.5) is 0 Å². The number of benzene rings is 2. The minimum Gasteiger partial charge on any atom is -0.493 e. The van der Waals surface area contributed by atoms with Gasteiger partial charge in [-0.1, -0.05) is 28.1 Å². The lowest BCUT2D eigenvalue weighted by molar-refractivity contribution is -0.139. The van der Waals surface area contributed by atoms with Gasteiger partial charge in [-0.25, -0.2) is 5.43 Å². The first kappa shape index (κ1) is 22.4. The summed E-state index contributed by atoms with van der Waals surface area (Å²) in [4.78, 5) is 23.1. The zero-order valence-corrected chi connectivity index (χ0v) is 17.7. The van der Waals surface area contributed by atoms with E-state index in [2.05, 4.69) is 31.8 Å². The summed E-state index contributed by atoms with van der Waals surface area (Å²) in [6, 6.07) is 13.0. The maximum atomic E-state index is 11.6. The smallest absolute Gasteiger partial charge is 0.329 e. The summed E-state index contributed by atoms with van der Waals surface area (Å²) in [7, 11) is 3.04. The molecule has 29 heavy (non-hydrogen) atoms. The number of hydrazone groups is 1. The maximum absolute atomic E-state index is 11.6. The van der Waals surface area contributed by atoms with E-state index in [-0.39, 0.29) is 6.54 Å². The number of hydrogen-bond acceptors (Lipinski definition) is 6. The molecule has 0 heterocycles. The van der Waals surface area contributed by atoms with E-state index in [1.807, 2.05) is 24.3 Å². The predicted octanol–water partition coefficient (Wildman–Crippen LogP) is 2.25. The van der Waals surface area contributed by atoms with E-state index in [4.69, 9.17) is 14.2 Å². The molecule has 0 aromatic heterocycles. The summed E-state index contributed by atoms with van der Waals surface area (Å²) in [5.74, 6) is -0.545. The largest absolute Gasteiger partial charge is 0.493 e. The van der Waals surface area contributed by atoms with Crippen LogP contribution >= 0.6 is 15.9 Å². The van der Waals surface area contributed by atoms with Crippen LogP contribution < -0.4 is 20.2 Å². The monoisotopic (exact) mass is 463 g/mol. The van der Waals surface area contributed by atoms with Gasteiger partial charge in [0.2, 0.25) is 0 Å². The minimum absolute atomic E-state index is 0.241. The highest BCUT2D eigenvalue weighted by Gasteiger charge is 2.11. The maximum Gasteiger partial charge on any atom is 0.329 e. The van der Waals surface area contributed by atoms with E-state index in [0.717, 1.165) is 10.0 Å². The highest BCUT2D eigenvalue weighted by molar-refractivity contribution is 9.10. The van der Waals surface area contributed by atoms with Gasteiger partial charge in [-0.15, -0.1) is 0 Å². The molecule has 0 saturated carbocycles. The van der Waals surface area contributed by atoms with Gasteiger partial charge in [0.05, 0.1) is 19.9 Å². The predicted molar refractivity (Wildman–Crippen MR) is 112 cm³/mol. The number of carbonyl (C=O) groups is 2. The van der Waals surface area contributed by atoms with E-state index in [1.165, 1.54) is 20.4 Å². The number of nitrogens with one attached hydrogen (secondary N) is 2. The van der Waals surface area contributed by atoms with Crippen LogP contribution in [0.25, 0.3) is 0 Å². The summed E-state index contributed by atoms with van der Waals surface area (Å²) in [6.45, 7) is 0.953. The van der Waals surface area contributed by atoms with Crippen molar-refractivity contribution < 1.29 is 23.8 Å².